The molecule has 10 heteroatoms. The van der Waals surface area contributed by atoms with E-state index in [0.717, 1.165) is 22.2 Å². The van der Waals surface area contributed by atoms with Crippen molar-refractivity contribution in [1.82, 2.24) is 29.0 Å². The molecule has 2 N–H and O–H groups in total. The summed E-state index contributed by atoms with van der Waals surface area (Å²) in [7, 11) is 3.34. The first kappa shape index (κ1) is 23.3. The maximum absolute atomic E-state index is 13.3. The summed E-state index contributed by atoms with van der Waals surface area (Å²) in [5.74, 6) is 0.581. The number of nitrogens with zero attached hydrogens (tertiary/aromatic N) is 4. The lowest BCUT2D eigenvalue weighted by Crippen LogP contribution is -2.39. The molecule has 0 radical (unpaired) electrons. The molecule has 0 spiro atoms. The van der Waals surface area contributed by atoms with E-state index in [-0.39, 0.29) is 13.1 Å². The quantitative estimate of drug-likeness (QED) is 0.468. The highest BCUT2D eigenvalue weighted by atomic mass is 16.6. The Morgan fingerprint density at radius 3 is 2.59 bits per heavy atom. The third-order valence-corrected chi connectivity index (χ3v) is 5.74. The van der Waals surface area contributed by atoms with E-state index >= 15 is 0 Å². The SMILES string of the molecule is Cc1cccc2[nH]c(Cn3c(=O)c4c(nc(CCNC(=O)OC(C)(C)C)n4C)n(C)c3=O)cc12. The van der Waals surface area contributed by atoms with Gasteiger partial charge < -0.3 is 19.6 Å². The van der Waals surface area contributed by atoms with Crippen molar-refractivity contribution in [2.45, 2.75) is 46.3 Å². The normalized spacial score (nSPS) is 11.9. The van der Waals surface area contributed by atoms with E-state index in [1.54, 1.807) is 39.4 Å². The smallest absolute Gasteiger partial charge is 0.407 e. The van der Waals surface area contributed by atoms with Gasteiger partial charge in [-0.15, -0.1) is 0 Å². The van der Waals surface area contributed by atoms with Crippen molar-refractivity contribution in [2.24, 2.45) is 14.1 Å². The van der Waals surface area contributed by atoms with Crippen LogP contribution in [0.3, 0.4) is 0 Å². The van der Waals surface area contributed by atoms with Crippen LogP contribution in [0.5, 0.6) is 0 Å². The predicted molar refractivity (Wildman–Crippen MR) is 130 cm³/mol. The molecule has 0 aliphatic rings. The van der Waals surface area contributed by atoms with Crippen molar-refractivity contribution in [3.05, 3.63) is 62.2 Å². The predicted octanol–water partition coefficient (Wildman–Crippen LogP) is 2.34. The number of hydrogen-bond acceptors (Lipinski definition) is 5. The molecule has 10 nitrogen and oxygen atoms in total. The summed E-state index contributed by atoms with van der Waals surface area (Å²) in [6.07, 6.45) is -0.145. The number of hydrogen-bond donors (Lipinski definition) is 2. The standard InChI is InChI=1S/C24H30N6O4/c1-14-8-7-9-17-16(14)12-15(26-17)13-30-21(31)19-20(29(6)23(30)33)27-18(28(19)5)10-11-25-22(32)34-24(2,3)4/h7-9,12,26H,10-11,13H2,1-6H3,(H,25,32). The Bertz CT molecular complexity index is 1510. The van der Waals surface area contributed by atoms with Gasteiger partial charge in [0.15, 0.2) is 11.2 Å². The first-order chi connectivity index (χ1) is 16.0. The van der Waals surface area contributed by atoms with Crippen molar-refractivity contribution >= 4 is 28.2 Å². The lowest BCUT2D eigenvalue weighted by molar-refractivity contribution is 0.0528. The van der Waals surface area contributed by atoms with E-state index in [9.17, 15) is 14.4 Å². The number of aromatic nitrogens is 5. The number of ether oxygens (including phenoxy) is 1. The van der Waals surface area contributed by atoms with Gasteiger partial charge in [-0.1, -0.05) is 12.1 Å². The van der Waals surface area contributed by atoms with Crippen LogP contribution in [0.1, 0.15) is 37.9 Å². The second kappa shape index (κ2) is 8.51. The minimum atomic E-state index is -0.588. The van der Waals surface area contributed by atoms with Gasteiger partial charge in [0, 0.05) is 43.7 Å². The minimum Gasteiger partial charge on any atom is -0.444 e. The van der Waals surface area contributed by atoms with E-state index in [1.807, 2.05) is 31.2 Å². The van der Waals surface area contributed by atoms with Crippen molar-refractivity contribution in [1.29, 1.82) is 0 Å². The average molecular weight is 467 g/mol. The number of carbonyl (C=O) groups excluding carboxylic acids is 1. The van der Waals surface area contributed by atoms with Gasteiger partial charge in [-0.05, 0) is 45.4 Å². The molecular formula is C24H30N6O4. The summed E-state index contributed by atoms with van der Waals surface area (Å²) in [6.45, 7) is 7.80. The monoisotopic (exact) mass is 466 g/mol. The summed E-state index contributed by atoms with van der Waals surface area (Å²) in [6, 6.07) is 7.92. The number of rotatable bonds is 5. The Balaban J connectivity index is 1.64. The Morgan fingerprint density at radius 2 is 1.91 bits per heavy atom. The molecule has 0 saturated carbocycles. The second-order valence-electron chi connectivity index (χ2n) is 9.50. The Hall–Kier alpha value is -3.82. The van der Waals surface area contributed by atoms with Crippen LogP contribution < -0.4 is 16.6 Å². The fourth-order valence-electron chi connectivity index (χ4n) is 4.06. The third kappa shape index (κ3) is 4.35. The molecule has 1 amide bonds. The topological polar surface area (TPSA) is 116 Å². The minimum absolute atomic E-state index is 0.121. The highest BCUT2D eigenvalue weighted by molar-refractivity contribution is 5.83. The molecule has 0 aliphatic heterocycles. The fraction of sp³-hybridized carbons (Fsp3) is 0.417. The fourth-order valence-corrected chi connectivity index (χ4v) is 4.06. The average Bonchev–Trinajstić information content (AvgIpc) is 3.30. The molecule has 4 aromatic rings. The van der Waals surface area contributed by atoms with E-state index < -0.39 is 22.9 Å². The number of fused-ring (bicyclic) bond motifs is 2. The molecular weight excluding hydrogens is 436 g/mol. The van der Waals surface area contributed by atoms with E-state index in [0.29, 0.717) is 23.4 Å². The highest BCUT2D eigenvalue weighted by Gasteiger charge is 2.20. The van der Waals surface area contributed by atoms with Crippen LogP contribution in [-0.2, 0) is 31.8 Å². The van der Waals surface area contributed by atoms with Crippen LogP contribution in [0, 0.1) is 6.92 Å². The maximum Gasteiger partial charge on any atom is 0.407 e. The van der Waals surface area contributed by atoms with Gasteiger partial charge in [0.25, 0.3) is 5.56 Å². The van der Waals surface area contributed by atoms with Gasteiger partial charge in [-0.3, -0.25) is 13.9 Å². The highest BCUT2D eigenvalue weighted by Crippen LogP contribution is 2.19. The Kier molecular flexibility index (Phi) is 5.84. The van der Waals surface area contributed by atoms with Crippen molar-refractivity contribution in [3.63, 3.8) is 0 Å². The van der Waals surface area contributed by atoms with Crippen molar-refractivity contribution < 1.29 is 9.53 Å². The van der Waals surface area contributed by atoms with Gasteiger partial charge in [0.1, 0.15) is 11.4 Å². The number of imidazole rings is 1. The van der Waals surface area contributed by atoms with Crippen LogP contribution in [-0.4, -0.2) is 41.9 Å². The first-order valence-corrected chi connectivity index (χ1v) is 11.2. The van der Waals surface area contributed by atoms with Gasteiger partial charge in [0.2, 0.25) is 0 Å². The number of amides is 1. The lowest BCUT2D eigenvalue weighted by atomic mass is 10.1. The molecule has 0 fully saturated rings. The van der Waals surface area contributed by atoms with Crippen LogP contribution in [0.2, 0.25) is 0 Å². The molecule has 0 atom stereocenters. The largest absolute Gasteiger partial charge is 0.444 e. The molecule has 0 aliphatic carbocycles. The summed E-state index contributed by atoms with van der Waals surface area (Å²) < 4.78 is 9.52. The number of benzene rings is 1. The number of aromatic amines is 1. The zero-order chi connectivity index (χ0) is 24.8. The van der Waals surface area contributed by atoms with E-state index in [4.69, 9.17) is 4.74 Å². The van der Waals surface area contributed by atoms with Gasteiger partial charge in [-0.25, -0.2) is 14.6 Å². The van der Waals surface area contributed by atoms with Crippen LogP contribution >= 0.6 is 0 Å². The number of nitrogens with one attached hydrogen (secondary N) is 2. The number of H-pyrrole nitrogens is 1. The van der Waals surface area contributed by atoms with Gasteiger partial charge >= 0.3 is 11.8 Å². The van der Waals surface area contributed by atoms with Crippen LogP contribution in [0.4, 0.5) is 4.79 Å². The molecule has 34 heavy (non-hydrogen) atoms. The molecule has 3 aromatic heterocycles. The Morgan fingerprint density at radius 1 is 1.18 bits per heavy atom. The zero-order valence-corrected chi connectivity index (χ0v) is 20.4. The van der Waals surface area contributed by atoms with E-state index in [1.165, 1.54) is 9.13 Å². The van der Waals surface area contributed by atoms with Gasteiger partial charge in [0.05, 0.1) is 6.54 Å². The van der Waals surface area contributed by atoms with Crippen LogP contribution in [0.25, 0.3) is 22.1 Å². The molecule has 180 valence electrons. The molecule has 4 rings (SSSR count). The number of carbonyl (C=O) groups is 1. The number of aryl methyl sites for hydroxylation is 3. The summed E-state index contributed by atoms with van der Waals surface area (Å²) in [5.41, 5.74) is 2.06. The summed E-state index contributed by atoms with van der Waals surface area (Å²) in [5, 5.41) is 3.75. The molecule has 0 saturated heterocycles. The third-order valence-electron chi connectivity index (χ3n) is 5.74. The second-order valence-corrected chi connectivity index (χ2v) is 9.50. The maximum atomic E-state index is 13.3. The number of alkyl carbamates (subject to hydrolysis) is 1. The van der Waals surface area contributed by atoms with E-state index in [2.05, 4.69) is 15.3 Å². The van der Waals surface area contributed by atoms with Crippen LogP contribution in [0.15, 0.2) is 33.9 Å². The molecule has 0 bridgehead atoms. The zero-order valence-electron chi connectivity index (χ0n) is 20.4. The summed E-state index contributed by atoms with van der Waals surface area (Å²) in [4.78, 5) is 46.1. The summed E-state index contributed by atoms with van der Waals surface area (Å²) >= 11 is 0. The first-order valence-electron chi connectivity index (χ1n) is 11.2. The van der Waals surface area contributed by atoms with Crippen molar-refractivity contribution in [3.8, 4) is 0 Å². The lowest BCUT2D eigenvalue weighted by Gasteiger charge is -2.19. The molecule has 3 heterocycles. The molecule has 0 unspecified atom stereocenters. The van der Waals surface area contributed by atoms with Crippen molar-refractivity contribution in [2.75, 3.05) is 6.54 Å². The molecule has 1 aromatic carbocycles. The van der Waals surface area contributed by atoms with Gasteiger partial charge in [-0.2, -0.15) is 0 Å². The Labute approximate surface area is 196 Å².